The van der Waals surface area contributed by atoms with Crippen LogP contribution in [0.3, 0.4) is 0 Å². The summed E-state index contributed by atoms with van der Waals surface area (Å²) in [6, 6.07) is 7.83. The van der Waals surface area contributed by atoms with Crippen molar-refractivity contribution >= 4 is 17.1 Å². The molecule has 2 aliphatic rings. The Morgan fingerprint density at radius 2 is 1.70 bits per heavy atom. The summed E-state index contributed by atoms with van der Waals surface area (Å²) < 4.78 is 11.6. The van der Waals surface area contributed by atoms with Crippen LogP contribution in [0.5, 0.6) is 11.5 Å². The Morgan fingerprint density at radius 1 is 1.00 bits per heavy atom. The molecular weight excluding hydrogens is 306 g/mol. The van der Waals surface area contributed by atoms with Gasteiger partial charge >= 0.3 is 0 Å². The molecule has 23 heavy (non-hydrogen) atoms. The molecule has 3 rings (SSSR count). The summed E-state index contributed by atoms with van der Waals surface area (Å²) in [4.78, 5) is 3.42. The average Bonchev–Trinajstić information content (AvgIpc) is 3.09. The molecule has 0 spiro atoms. The zero-order valence-corrected chi connectivity index (χ0v) is 14.2. The molecule has 4 heteroatoms. The lowest BCUT2D eigenvalue weighted by Gasteiger charge is -2.15. The minimum Gasteiger partial charge on any atom is -0.492 e. The van der Waals surface area contributed by atoms with Gasteiger partial charge in [-0.3, -0.25) is 4.90 Å². The average molecular weight is 329 g/mol. The van der Waals surface area contributed by atoms with Crippen molar-refractivity contribution < 1.29 is 9.47 Å². The SMILES string of the molecule is S=C1CC=CC=C1COc1ccc(OCCN2CCCC2)cc1. The van der Waals surface area contributed by atoms with E-state index in [-0.39, 0.29) is 0 Å². The van der Waals surface area contributed by atoms with E-state index in [1.54, 1.807) is 0 Å². The summed E-state index contributed by atoms with van der Waals surface area (Å²) in [6.45, 7) is 4.70. The van der Waals surface area contributed by atoms with Gasteiger partial charge in [0.15, 0.2) is 0 Å². The van der Waals surface area contributed by atoms with Crippen LogP contribution in [0.25, 0.3) is 0 Å². The number of hydrogen-bond donors (Lipinski definition) is 0. The highest BCUT2D eigenvalue weighted by molar-refractivity contribution is 7.80. The van der Waals surface area contributed by atoms with Crippen molar-refractivity contribution in [2.75, 3.05) is 32.8 Å². The minimum absolute atomic E-state index is 0.526. The fraction of sp³-hybridized carbons (Fsp3) is 0.421. The Balaban J connectivity index is 1.42. The molecule has 0 bridgehead atoms. The van der Waals surface area contributed by atoms with Gasteiger partial charge in [0.1, 0.15) is 24.7 Å². The van der Waals surface area contributed by atoms with Gasteiger partial charge in [0, 0.05) is 23.4 Å². The van der Waals surface area contributed by atoms with Crippen LogP contribution in [0.15, 0.2) is 48.1 Å². The van der Waals surface area contributed by atoms with Gasteiger partial charge in [-0.05, 0) is 50.2 Å². The molecule has 1 aromatic carbocycles. The van der Waals surface area contributed by atoms with E-state index in [9.17, 15) is 0 Å². The topological polar surface area (TPSA) is 21.7 Å². The first-order valence-electron chi connectivity index (χ1n) is 8.28. The van der Waals surface area contributed by atoms with E-state index in [0.717, 1.165) is 41.5 Å². The van der Waals surface area contributed by atoms with Crippen LogP contribution >= 0.6 is 12.2 Å². The lowest BCUT2D eigenvalue weighted by molar-refractivity contribution is 0.237. The molecule has 122 valence electrons. The molecule has 1 aliphatic heterocycles. The van der Waals surface area contributed by atoms with E-state index in [1.165, 1.54) is 25.9 Å². The van der Waals surface area contributed by atoms with Crippen molar-refractivity contribution in [3.63, 3.8) is 0 Å². The molecule has 0 N–H and O–H groups in total. The Bertz CT molecular complexity index is 586. The summed E-state index contributed by atoms with van der Waals surface area (Å²) >= 11 is 5.33. The second kappa shape index (κ2) is 8.27. The molecule has 1 heterocycles. The normalized spacial score (nSPS) is 18.1. The van der Waals surface area contributed by atoms with Crippen LogP contribution in [0.1, 0.15) is 19.3 Å². The van der Waals surface area contributed by atoms with E-state index >= 15 is 0 Å². The van der Waals surface area contributed by atoms with Gasteiger partial charge in [-0.2, -0.15) is 0 Å². The highest BCUT2D eigenvalue weighted by Crippen LogP contribution is 2.19. The quantitative estimate of drug-likeness (QED) is 0.709. The predicted octanol–water partition coefficient (Wildman–Crippen LogP) is 3.80. The maximum absolute atomic E-state index is 5.80. The van der Waals surface area contributed by atoms with Crippen molar-refractivity contribution in [2.45, 2.75) is 19.3 Å². The number of rotatable bonds is 7. The third kappa shape index (κ3) is 4.91. The van der Waals surface area contributed by atoms with Gasteiger partial charge in [-0.1, -0.05) is 30.4 Å². The van der Waals surface area contributed by atoms with Gasteiger partial charge in [0.05, 0.1) is 0 Å². The number of allylic oxidation sites excluding steroid dienone is 3. The molecule has 1 saturated heterocycles. The van der Waals surface area contributed by atoms with Crippen LogP contribution in [0.4, 0.5) is 0 Å². The van der Waals surface area contributed by atoms with Gasteiger partial charge < -0.3 is 9.47 Å². The van der Waals surface area contributed by atoms with Crippen molar-refractivity contribution in [3.05, 3.63) is 48.1 Å². The maximum atomic E-state index is 5.80. The summed E-state index contributed by atoms with van der Waals surface area (Å²) in [5, 5.41) is 0. The first kappa shape index (κ1) is 16.2. The first-order chi connectivity index (χ1) is 11.3. The third-order valence-corrected chi connectivity index (χ3v) is 4.62. The van der Waals surface area contributed by atoms with Crippen LogP contribution in [0.2, 0.25) is 0 Å². The Labute approximate surface area is 143 Å². The molecule has 0 saturated carbocycles. The molecule has 1 aromatic rings. The van der Waals surface area contributed by atoms with Gasteiger partial charge in [-0.25, -0.2) is 0 Å². The molecule has 0 unspecified atom stereocenters. The minimum atomic E-state index is 0.526. The predicted molar refractivity (Wildman–Crippen MR) is 97.5 cm³/mol. The Kier molecular flexibility index (Phi) is 5.83. The Morgan fingerprint density at radius 3 is 2.39 bits per heavy atom. The van der Waals surface area contributed by atoms with Crippen LogP contribution < -0.4 is 9.47 Å². The van der Waals surface area contributed by atoms with Crippen LogP contribution in [-0.2, 0) is 0 Å². The van der Waals surface area contributed by atoms with Crippen LogP contribution in [-0.4, -0.2) is 42.6 Å². The fourth-order valence-corrected chi connectivity index (χ4v) is 3.03. The highest BCUT2D eigenvalue weighted by atomic mass is 32.1. The van der Waals surface area contributed by atoms with Gasteiger partial charge in [0.2, 0.25) is 0 Å². The number of nitrogens with zero attached hydrogens (tertiary/aromatic N) is 1. The summed E-state index contributed by atoms with van der Waals surface area (Å²) in [6.07, 6.45) is 9.62. The first-order valence-corrected chi connectivity index (χ1v) is 8.69. The van der Waals surface area contributed by atoms with Crippen molar-refractivity contribution in [1.29, 1.82) is 0 Å². The van der Waals surface area contributed by atoms with Crippen LogP contribution in [0, 0.1) is 0 Å². The zero-order chi connectivity index (χ0) is 15.9. The van der Waals surface area contributed by atoms with E-state index in [1.807, 2.05) is 36.4 Å². The van der Waals surface area contributed by atoms with E-state index in [2.05, 4.69) is 11.0 Å². The summed E-state index contributed by atoms with van der Waals surface area (Å²) in [7, 11) is 0. The molecule has 0 radical (unpaired) electrons. The highest BCUT2D eigenvalue weighted by Gasteiger charge is 2.11. The number of benzene rings is 1. The van der Waals surface area contributed by atoms with Crippen molar-refractivity contribution in [3.8, 4) is 11.5 Å². The van der Waals surface area contributed by atoms with E-state index in [4.69, 9.17) is 21.7 Å². The molecule has 3 nitrogen and oxygen atoms in total. The third-order valence-electron chi connectivity index (χ3n) is 4.19. The lowest BCUT2D eigenvalue weighted by Crippen LogP contribution is -2.25. The standard InChI is InChI=1S/C19H23NO2S/c23-19-6-2-1-5-16(19)15-22-18-9-7-17(8-10-18)21-14-13-20-11-3-4-12-20/h1-2,5,7-10H,3-4,6,11-15H2. The monoisotopic (exact) mass is 329 g/mol. The second-order valence-corrected chi connectivity index (χ2v) is 6.40. The molecule has 1 aliphatic carbocycles. The second-order valence-electron chi connectivity index (χ2n) is 5.90. The molecule has 0 amide bonds. The molecule has 1 fully saturated rings. The van der Waals surface area contributed by atoms with Crippen molar-refractivity contribution in [1.82, 2.24) is 4.90 Å². The number of thiocarbonyl (C=S) groups is 1. The number of likely N-dealkylation sites (tertiary alicyclic amines) is 1. The zero-order valence-electron chi connectivity index (χ0n) is 13.4. The number of ether oxygens (including phenoxy) is 2. The molecular formula is C19H23NO2S. The fourth-order valence-electron chi connectivity index (χ4n) is 2.80. The van der Waals surface area contributed by atoms with E-state index in [0.29, 0.717) is 6.61 Å². The largest absolute Gasteiger partial charge is 0.492 e. The molecule has 0 atom stereocenters. The number of hydrogen-bond acceptors (Lipinski definition) is 4. The lowest BCUT2D eigenvalue weighted by atomic mass is 10.1. The smallest absolute Gasteiger partial charge is 0.120 e. The van der Waals surface area contributed by atoms with Gasteiger partial charge in [-0.15, -0.1) is 0 Å². The summed E-state index contributed by atoms with van der Waals surface area (Å²) in [5.74, 6) is 1.74. The molecule has 0 aromatic heterocycles. The Hall–Kier alpha value is -1.65. The van der Waals surface area contributed by atoms with E-state index < -0.39 is 0 Å². The van der Waals surface area contributed by atoms with Gasteiger partial charge in [0.25, 0.3) is 0 Å². The maximum Gasteiger partial charge on any atom is 0.120 e. The summed E-state index contributed by atoms with van der Waals surface area (Å²) in [5.41, 5.74) is 1.09. The van der Waals surface area contributed by atoms with Crippen molar-refractivity contribution in [2.24, 2.45) is 0 Å².